The van der Waals surface area contributed by atoms with Crippen molar-refractivity contribution in [3.05, 3.63) is 53.2 Å². The number of hydrogen-bond donors (Lipinski definition) is 4. The van der Waals surface area contributed by atoms with E-state index in [1.54, 1.807) is 31.4 Å². The molecule has 0 aliphatic carbocycles. The van der Waals surface area contributed by atoms with Crippen LogP contribution in [0.15, 0.2) is 47.4 Å². The monoisotopic (exact) mass is 642 g/mol. The number of anilines is 2. The highest BCUT2D eigenvalue weighted by Crippen LogP contribution is 2.33. The van der Waals surface area contributed by atoms with Gasteiger partial charge in [-0.2, -0.15) is 22.5 Å². The van der Waals surface area contributed by atoms with E-state index >= 15 is 0 Å². The number of aliphatic hydroxyl groups excluding tert-OH is 1. The Hall–Kier alpha value is -2.79. The number of β-amino-alcohol motifs (C(OH)–C–C–N with tert-alkyl or cyclic N) is 1. The molecule has 3 aromatic rings. The molecule has 1 unspecified atom stereocenters. The first-order valence-corrected chi connectivity index (χ1v) is 17.0. The van der Waals surface area contributed by atoms with Crippen LogP contribution in [0.3, 0.4) is 0 Å². The van der Waals surface area contributed by atoms with Crippen LogP contribution in [0.2, 0.25) is 5.02 Å². The number of likely N-dealkylation sites (tertiary alicyclic amines) is 1. The second-order valence-corrected chi connectivity index (χ2v) is 15.8. The lowest BCUT2D eigenvalue weighted by molar-refractivity contribution is -0.140. The number of piperidine rings is 1. The molecular weight excluding hydrogens is 605 g/mol. The molecule has 1 aromatic heterocycles. The molecule has 1 aliphatic rings. The van der Waals surface area contributed by atoms with Crippen molar-refractivity contribution in [2.75, 3.05) is 63.0 Å². The maximum absolute atomic E-state index is 13.6. The maximum atomic E-state index is 13.6. The molecule has 1 saturated heterocycles. The van der Waals surface area contributed by atoms with E-state index < -0.39 is 28.2 Å². The Balaban J connectivity index is 1.50. The van der Waals surface area contributed by atoms with Gasteiger partial charge in [0.1, 0.15) is 6.54 Å². The molecule has 2 heterocycles. The van der Waals surface area contributed by atoms with Crippen molar-refractivity contribution in [2.24, 2.45) is 0 Å². The summed E-state index contributed by atoms with van der Waals surface area (Å²) in [6.45, 7) is 1.30. The number of nitrogens with one attached hydrogen (secondary N) is 2. The van der Waals surface area contributed by atoms with Crippen molar-refractivity contribution in [3.63, 3.8) is 0 Å². The fraction of sp³-hybridized carbons (Fsp3) is 0.467. The molecule has 2 aromatic carbocycles. The number of aliphatic hydroxyl groups is 1. The predicted octanol–water partition coefficient (Wildman–Crippen LogP) is 5.12. The molecule has 1 aliphatic heterocycles. The molecule has 4 rings (SSSR count). The van der Waals surface area contributed by atoms with Crippen LogP contribution in [-0.4, -0.2) is 94.1 Å². The Bertz CT molecular complexity index is 1560. The van der Waals surface area contributed by atoms with Gasteiger partial charge >= 0.3 is 6.18 Å². The summed E-state index contributed by atoms with van der Waals surface area (Å²) in [5.74, 6) is 5.76. The summed E-state index contributed by atoms with van der Waals surface area (Å²) in [6.07, 6.45) is -0.857. The summed E-state index contributed by atoms with van der Waals surface area (Å²) in [5.41, 5.74) is 1.89. The molecule has 0 radical (unpaired) electrons. The number of fused-ring (bicyclic) bond motifs is 1. The minimum absolute atomic E-state index is 0.0892. The Kier molecular flexibility index (Phi) is 10.1. The first-order valence-electron chi connectivity index (χ1n) is 13.8. The summed E-state index contributed by atoms with van der Waals surface area (Å²) < 4.78 is 69.6. The molecule has 0 saturated carbocycles. The minimum Gasteiger partial charge on any atom is -0.389 e. The highest BCUT2D eigenvalue weighted by molar-refractivity contribution is 8.14. The first kappa shape index (κ1) is 33.1. The molecule has 13 heteroatoms. The standard InChI is InChI=1S/C30H38ClF3N4O4S/c1-42-19-23(39)18-37-14-11-21(12-15-37)36-27-7-4-8-29-25(27)16-22(38(29)20-30(32,33)34)6-5-13-35-28-10-9-24(17-26(28)31)43(2,3,40)41/h4,7-10,16-17,21,23,35-36,39H,11-15,18-20H2,1-3H3,(H,40,41). The topological polar surface area (TPSA) is 99.0 Å². The Morgan fingerprint density at radius 2 is 1.88 bits per heavy atom. The third kappa shape index (κ3) is 9.11. The Morgan fingerprint density at radius 3 is 2.51 bits per heavy atom. The van der Waals surface area contributed by atoms with E-state index in [4.69, 9.17) is 16.3 Å². The average molecular weight is 643 g/mol. The zero-order valence-corrected chi connectivity index (χ0v) is 26.0. The minimum atomic E-state index is -4.44. The second kappa shape index (κ2) is 13.1. The van der Waals surface area contributed by atoms with E-state index in [1.807, 2.05) is 6.07 Å². The fourth-order valence-corrected chi connectivity index (χ4v) is 6.39. The van der Waals surface area contributed by atoms with Crippen LogP contribution in [-0.2, 0) is 20.6 Å². The zero-order chi connectivity index (χ0) is 31.4. The summed E-state index contributed by atoms with van der Waals surface area (Å²) in [7, 11) is -2.41. The summed E-state index contributed by atoms with van der Waals surface area (Å²) in [5, 5.41) is 17.4. The predicted molar refractivity (Wildman–Crippen MR) is 167 cm³/mol. The van der Waals surface area contributed by atoms with Crippen molar-refractivity contribution in [2.45, 2.75) is 42.6 Å². The van der Waals surface area contributed by atoms with E-state index in [1.165, 1.54) is 29.2 Å². The molecule has 1 fully saturated rings. The lowest BCUT2D eigenvalue weighted by atomic mass is 10.0. The third-order valence-electron chi connectivity index (χ3n) is 7.26. The molecule has 0 spiro atoms. The highest BCUT2D eigenvalue weighted by atomic mass is 35.5. The quantitative estimate of drug-likeness (QED) is 0.228. The number of hydrogen-bond acceptors (Lipinski definition) is 6. The van der Waals surface area contributed by atoms with Crippen molar-refractivity contribution in [3.8, 4) is 11.8 Å². The number of rotatable bonds is 10. The molecule has 8 nitrogen and oxygen atoms in total. The van der Waals surface area contributed by atoms with Crippen LogP contribution in [0.25, 0.3) is 10.9 Å². The van der Waals surface area contributed by atoms with Crippen molar-refractivity contribution in [1.29, 1.82) is 0 Å². The van der Waals surface area contributed by atoms with Gasteiger partial charge < -0.3 is 29.9 Å². The van der Waals surface area contributed by atoms with Gasteiger partial charge in [-0.05, 0) is 55.2 Å². The molecular formula is C30H38ClF3N4O4S. The third-order valence-corrected chi connectivity index (χ3v) is 9.17. The van der Waals surface area contributed by atoms with E-state index in [9.17, 15) is 27.0 Å². The zero-order valence-electron chi connectivity index (χ0n) is 24.4. The SMILES string of the molecule is COCC(O)CN1CCC(Nc2cccc3c2cc(C#CCNc2ccc(S(C)(C)(=O)O)cc2Cl)n3CC(F)(F)F)CC1. The van der Waals surface area contributed by atoms with Gasteiger partial charge in [-0.1, -0.05) is 23.6 Å². The summed E-state index contributed by atoms with van der Waals surface area (Å²) in [6, 6.07) is 11.6. The van der Waals surface area contributed by atoms with Gasteiger partial charge in [0.25, 0.3) is 0 Å². The molecule has 0 amide bonds. The van der Waals surface area contributed by atoms with E-state index in [0.29, 0.717) is 23.1 Å². The normalized spacial score (nSPS) is 16.7. The van der Waals surface area contributed by atoms with Crippen molar-refractivity contribution < 1.29 is 31.8 Å². The van der Waals surface area contributed by atoms with E-state index in [-0.39, 0.29) is 34.8 Å². The van der Waals surface area contributed by atoms with Crippen LogP contribution in [0, 0.1) is 11.8 Å². The van der Waals surface area contributed by atoms with Crippen LogP contribution >= 0.6 is 11.6 Å². The van der Waals surface area contributed by atoms with Gasteiger partial charge in [-0.25, -0.2) is 4.21 Å². The lowest BCUT2D eigenvalue weighted by Gasteiger charge is -2.34. The summed E-state index contributed by atoms with van der Waals surface area (Å²) in [4.78, 5) is 2.38. The summed E-state index contributed by atoms with van der Waals surface area (Å²) >= 11 is 6.29. The van der Waals surface area contributed by atoms with Crippen molar-refractivity contribution >= 4 is 43.2 Å². The number of nitrogens with zero attached hydrogens (tertiary/aromatic N) is 2. The number of ether oxygens (including phenoxy) is 1. The first-order chi connectivity index (χ1) is 20.1. The Labute approximate surface area is 254 Å². The molecule has 4 N–H and O–H groups in total. The number of halogens is 4. The highest BCUT2D eigenvalue weighted by Gasteiger charge is 2.30. The number of aromatic nitrogens is 1. The van der Waals surface area contributed by atoms with Gasteiger partial charge in [-0.15, -0.1) is 0 Å². The molecule has 1 atom stereocenters. The number of alkyl halides is 3. The molecule has 43 heavy (non-hydrogen) atoms. The van der Waals surface area contributed by atoms with Crippen LogP contribution in [0.4, 0.5) is 24.5 Å². The van der Waals surface area contributed by atoms with Gasteiger partial charge in [-0.3, -0.25) is 4.55 Å². The second-order valence-electron chi connectivity index (χ2n) is 11.4. The van der Waals surface area contributed by atoms with E-state index in [2.05, 4.69) is 27.4 Å². The smallest absolute Gasteiger partial charge is 0.389 e. The van der Waals surface area contributed by atoms with Gasteiger partial charge in [0.05, 0.1) is 46.1 Å². The van der Waals surface area contributed by atoms with Gasteiger partial charge in [0, 0.05) is 56.4 Å². The molecule has 236 valence electrons. The fourth-order valence-electron chi connectivity index (χ4n) is 5.16. The molecule has 0 bridgehead atoms. The Morgan fingerprint density at radius 1 is 1.16 bits per heavy atom. The average Bonchev–Trinajstić information content (AvgIpc) is 3.24. The van der Waals surface area contributed by atoms with Gasteiger partial charge in [0.2, 0.25) is 0 Å². The van der Waals surface area contributed by atoms with E-state index in [0.717, 1.165) is 31.6 Å². The van der Waals surface area contributed by atoms with Crippen LogP contribution < -0.4 is 10.6 Å². The van der Waals surface area contributed by atoms with Crippen LogP contribution in [0.5, 0.6) is 0 Å². The van der Waals surface area contributed by atoms with Crippen LogP contribution in [0.1, 0.15) is 18.5 Å². The lowest BCUT2D eigenvalue weighted by Crippen LogP contribution is -2.43. The number of benzene rings is 2. The largest absolute Gasteiger partial charge is 0.406 e. The maximum Gasteiger partial charge on any atom is 0.406 e. The van der Waals surface area contributed by atoms with Crippen molar-refractivity contribution in [1.82, 2.24) is 9.47 Å². The number of methoxy groups -OCH3 is 1. The van der Waals surface area contributed by atoms with Gasteiger partial charge in [0.15, 0.2) is 0 Å².